The van der Waals surface area contributed by atoms with E-state index >= 15 is 0 Å². The number of rotatable bonds is 0. The second-order valence-electron chi connectivity index (χ2n) is 0.324. The van der Waals surface area contributed by atoms with Gasteiger partial charge in [-0.15, -0.1) is 0 Å². The summed E-state index contributed by atoms with van der Waals surface area (Å²) in [6, 6.07) is 0. The van der Waals surface area contributed by atoms with E-state index in [1.165, 1.54) is 0 Å². The summed E-state index contributed by atoms with van der Waals surface area (Å²) < 4.78 is 0. The van der Waals surface area contributed by atoms with Gasteiger partial charge in [-0.3, -0.25) is 0 Å². The Morgan fingerprint density at radius 3 is 1.20 bits per heavy atom. The molecule has 0 rings (SSSR count). The summed E-state index contributed by atoms with van der Waals surface area (Å²) >= 11 is -0.700. The van der Waals surface area contributed by atoms with Crippen LogP contribution in [0.3, 0.4) is 0 Å². The van der Waals surface area contributed by atoms with Crippen LogP contribution in [0, 0.1) is 0 Å². The van der Waals surface area contributed by atoms with Crippen molar-refractivity contribution in [2.45, 2.75) is 0 Å². The summed E-state index contributed by atoms with van der Waals surface area (Å²) in [5, 5.41) is 0. The molecular formula is Cl3I2. The van der Waals surface area contributed by atoms with E-state index in [1.807, 2.05) is 18.6 Å². The van der Waals surface area contributed by atoms with Crippen molar-refractivity contribution in [3.05, 3.63) is 0 Å². The molecule has 0 aromatic carbocycles. The first kappa shape index (κ1) is 7.33. The van der Waals surface area contributed by atoms with Gasteiger partial charge in [-0.05, 0) is 0 Å². The van der Waals surface area contributed by atoms with Crippen LogP contribution in [0.5, 0.6) is 0 Å². The monoisotopic (exact) mass is 359 g/mol. The van der Waals surface area contributed by atoms with Crippen LogP contribution in [-0.4, -0.2) is 0 Å². The number of hydrogen-bond acceptors (Lipinski definition) is 0. The van der Waals surface area contributed by atoms with Gasteiger partial charge in [0.15, 0.2) is 0 Å². The van der Waals surface area contributed by atoms with E-state index in [0.29, 0.717) is 0 Å². The Kier molecular flexibility index (Phi) is 3.80. The van der Waals surface area contributed by atoms with E-state index in [1.54, 1.807) is 0 Å². The van der Waals surface area contributed by atoms with Gasteiger partial charge in [0, 0.05) is 0 Å². The van der Waals surface area contributed by atoms with Crippen molar-refractivity contribution in [2.75, 3.05) is 0 Å². The molecule has 5 heteroatoms. The van der Waals surface area contributed by atoms with Gasteiger partial charge < -0.3 is 0 Å². The molecule has 0 aliphatic heterocycles. The van der Waals surface area contributed by atoms with Crippen LogP contribution in [0.25, 0.3) is 0 Å². The zero-order chi connectivity index (χ0) is 4.50. The Balaban J connectivity index is 3.02. The standard InChI is InChI=1S/Cl3I2/c1-5(2,3)4. The van der Waals surface area contributed by atoms with E-state index in [2.05, 4.69) is 0 Å². The molecule has 0 aromatic heterocycles. The molecule has 0 spiro atoms. The van der Waals surface area contributed by atoms with E-state index in [9.17, 15) is 0 Å². The minimum atomic E-state index is -2.55. The van der Waals surface area contributed by atoms with Gasteiger partial charge in [0.2, 0.25) is 0 Å². The first-order chi connectivity index (χ1) is 2.00. The third kappa shape index (κ3) is 21.9. The summed E-state index contributed by atoms with van der Waals surface area (Å²) in [5.74, 6) is 0. The molecular weight excluding hydrogens is 360 g/mol. The Morgan fingerprint density at radius 1 is 1.20 bits per heavy atom. The second kappa shape index (κ2) is 2.59. The van der Waals surface area contributed by atoms with Gasteiger partial charge in [-0.1, -0.05) is 0 Å². The van der Waals surface area contributed by atoms with Gasteiger partial charge in [0.05, 0.1) is 0 Å². The van der Waals surface area contributed by atoms with Gasteiger partial charge in [0.25, 0.3) is 0 Å². The number of halogens is 5. The van der Waals surface area contributed by atoms with Crippen LogP contribution in [-0.2, 0) is 0 Å². The molecule has 1 radical (unpaired) electrons. The fourth-order valence-corrected chi connectivity index (χ4v) is 0. The van der Waals surface area contributed by atoms with Crippen LogP contribution < -0.4 is 0 Å². The molecule has 0 nitrogen and oxygen atoms in total. The Morgan fingerprint density at radius 2 is 1.20 bits per heavy atom. The van der Waals surface area contributed by atoms with Crippen LogP contribution >= 0.6 is 56.4 Å². The predicted octanol–water partition coefficient (Wildman–Crippen LogP) is 3.84. The summed E-state index contributed by atoms with van der Waals surface area (Å²) in [6.07, 6.45) is 0. The first-order valence-electron chi connectivity index (χ1n) is 0.571. The summed E-state index contributed by atoms with van der Waals surface area (Å²) in [7, 11) is 15.7. The van der Waals surface area contributed by atoms with Crippen LogP contribution in [0.2, 0.25) is 0 Å². The Labute approximate surface area is 55.4 Å². The average Bonchev–Trinajstić information content (AvgIpc) is 0.722. The first-order valence-corrected chi connectivity index (χ1v) is 15.1. The molecule has 0 aliphatic carbocycles. The molecule has 0 amide bonds. The third-order valence-corrected chi connectivity index (χ3v) is 0. The number of hydrogen-bond donors (Lipinski definition) is 0. The van der Waals surface area contributed by atoms with Gasteiger partial charge >= 0.3 is 56.4 Å². The SMILES string of the molecule is Cl[I](Cl)(Cl)I. The minimum absolute atomic E-state index is 1.85. The van der Waals surface area contributed by atoms with E-state index in [4.69, 9.17) is 26.7 Å². The van der Waals surface area contributed by atoms with Crippen molar-refractivity contribution in [1.82, 2.24) is 0 Å². The van der Waals surface area contributed by atoms with Crippen LogP contribution in [0.15, 0.2) is 0 Å². The Hall–Kier alpha value is 2.33. The normalized spacial score (nSPS) is 15.2. The molecule has 0 unspecified atom stereocenters. The third-order valence-electron chi connectivity index (χ3n) is 0. The molecule has 0 aliphatic rings. The van der Waals surface area contributed by atoms with Crippen molar-refractivity contribution in [3.8, 4) is 0 Å². The summed E-state index contributed by atoms with van der Waals surface area (Å²) in [4.78, 5) is 0. The van der Waals surface area contributed by atoms with Crippen LogP contribution in [0.4, 0.5) is 0 Å². The molecule has 0 saturated heterocycles. The summed E-state index contributed by atoms with van der Waals surface area (Å²) in [5.41, 5.74) is 0. The zero-order valence-electron chi connectivity index (χ0n) is 1.89. The molecule has 0 bridgehead atoms. The maximum atomic E-state index is 5.23. The fourth-order valence-electron chi connectivity index (χ4n) is 0. The summed E-state index contributed by atoms with van der Waals surface area (Å²) in [6.45, 7) is 0. The molecule has 0 atom stereocenters. The molecule has 0 fully saturated rings. The zero-order valence-corrected chi connectivity index (χ0v) is 8.47. The molecule has 5 heavy (non-hydrogen) atoms. The van der Waals surface area contributed by atoms with Crippen LogP contribution in [0.1, 0.15) is 0 Å². The van der Waals surface area contributed by atoms with Gasteiger partial charge in [-0.25, -0.2) is 0 Å². The van der Waals surface area contributed by atoms with Crippen molar-refractivity contribution in [1.29, 1.82) is 0 Å². The topological polar surface area (TPSA) is 0 Å². The maximum absolute atomic E-state index is 5.23. The van der Waals surface area contributed by atoms with Gasteiger partial charge in [0.1, 0.15) is 0 Å². The Bertz CT molecular complexity index is 20.4. The molecule has 35 valence electrons. The van der Waals surface area contributed by atoms with E-state index < -0.39 is 11.1 Å². The molecule has 0 N–H and O–H groups in total. The van der Waals surface area contributed by atoms with E-state index in [0.717, 1.165) is 0 Å². The van der Waals surface area contributed by atoms with Gasteiger partial charge in [-0.2, -0.15) is 0 Å². The predicted molar refractivity (Wildman–Crippen MR) is 45.6 cm³/mol. The van der Waals surface area contributed by atoms with Crippen molar-refractivity contribution < 1.29 is 0 Å². The van der Waals surface area contributed by atoms with Crippen molar-refractivity contribution in [3.63, 3.8) is 0 Å². The van der Waals surface area contributed by atoms with Crippen molar-refractivity contribution >= 4 is 56.4 Å². The quantitative estimate of drug-likeness (QED) is 0.576. The average molecular weight is 360 g/mol. The molecule has 0 aromatic rings. The fraction of sp³-hybridized carbons (Fsp3) is 0. The van der Waals surface area contributed by atoms with Crippen molar-refractivity contribution in [2.24, 2.45) is 0 Å². The second-order valence-corrected chi connectivity index (χ2v) is 31.6. The van der Waals surface area contributed by atoms with E-state index in [-0.39, 0.29) is 0 Å². The molecule has 0 saturated carbocycles. The molecule has 0 heterocycles.